The van der Waals surface area contributed by atoms with Crippen LogP contribution in [-0.4, -0.2) is 21.3 Å². The van der Waals surface area contributed by atoms with E-state index >= 15 is 0 Å². The van der Waals surface area contributed by atoms with E-state index in [4.69, 9.17) is 14.2 Å². The molecule has 0 atom stereocenters. The van der Waals surface area contributed by atoms with Crippen molar-refractivity contribution >= 4 is 70.7 Å². The smallest absolute Gasteiger partial charge is 0.133 e. The third-order valence-corrected chi connectivity index (χ3v) is 6.48. The molecule has 0 unspecified atom stereocenters. The third-order valence-electron chi connectivity index (χ3n) is 4.17. The quantitative estimate of drug-likeness (QED) is 0.308. The summed E-state index contributed by atoms with van der Waals surface area (Å²) in [4.78, 5) is 0. The number of ether oxygens (including phenoxy) is 3. The molecule has 0 saturated heterocycles. The van der Waals surface area contributed by atoms with Gasteiger partial charge in [-0.05, 0) is 78.5 Å². The van der Waals surface area contributed by atoms with E-state index in [-0.39, 0.29) is 0 Å². The number of methoxy groups -OCH3 is 3. The second-order valence-electron chi connectivity index (χ2n) is 5.76. The summed E-state index contributed by atoms with van der Waals surface area (Å²) in [5.41, 5.74) is 1.93. The fraction of sp³-hybridized carbons (Fsp3) is 0.143. The van der Waals surface area contributed by atoms with E-state index in [1.165, 1.54) is 0 Å². The molecule has 3 nitrogen and oxygen atoms in total. The van der Waals surface area contributed by atoms with Gasteiger partial charge in [0, 0.05) is 25.6 Å². The molecule has 27 heavy (non-hydrogen) atoms. The van der Waals surface area contributed by atoms with Crippen LogP contribution in [0.15, 0.2) is 49.8 Å². The minimum absolute atomic E-state index is 0.683. The maximum absolute atomic E-state index is 5.53. The van der Waals surface area contributed by atoms with E-state index < -0.39 is 0 Å². The van der Waals surface area contributed by atoms with Gasteiger partial charge in [0.1, 0.15) is 17.2 Å². The maximum atomic E-state index is 5.53. The lowest BCUT2D eigenvalue weighted by atomic mass is 10.0. The average molecular weight is 557 g/mol. The molecule has 140 valence electrons. The number of hydrogen-bond donors (Lipinski definition) is 0. The third kappa shape index (κ3) is 4.33. The molecule has 0 aromatic heterocycles. The fourth-order valence-electron chi connectivity index (χ4n) is 2.86. The number of hydrogen-bond acceptors (Lipinski definition) is 3. The Labute approximate surface area is 183 Å². The lowest BCUT2D eigenvalue weighted by Crippen LogP contribution is -1.94. The molecule has 0 amide bonds. The van der Waals surface area contributed by atoms with Crippen molar-refractivity contribution in [1.82, 2.24) is 0 Å². The molecule has 0 heterocycles. The lowest BCUT2D eigenvalue weighted by Gasteiger charge is -2.13. The van der Waals surface area contributed by atoms with Crippen LogP contribution in [0.1, 0.15) is 11.1 Å². The fourth-order valence-corrected chi connectivity index (χ4v) is 4.05. The highest BCUT2D eigenvalue weighted by Gasteiger charge is 2.11. The van der Waals surface area contributed by atoms with Crippen LogP contribution in [0.5, 0.6) is 17.2 Å². The van der Waals surface area contributed by atoms with Crippen LogP contribution in [0, 0.1) is 0 Å². The normalized spacial score (nSPS) is 11.2. The molecule has 0 N–H and O–H groups in total. The van der Waals surface area contributed by atoms with Gasteiger partial charge in [0.2, 0.25) is 0 Å². The highest BCUT2D eigenvalue weighted by Crippen LogP contribution is 2.37. The van der Waals surface area contributed by atoms with E-state index in [1.54, 1.807) is 21.3 Å². The van der Waals surface area contributed by atoms with Crippen LogP contribution in [0.2, 0.25) is 0 Å². The van der Waals surface area contributed by atoms with Crippen LogP contribution in [-0.2, 0) is 0 Å². The van der Waals surface area contributed by atoms with E-state index in [0.717, 1.165) is 35.3 Å². The summed E-state index contributed by atoms with van der Waals surface area (Å²) in [5.74, 6) is 2.05. The van der Waals surface area contributed by atoms with Crippen molar-refractivity contribution in [2.24, 2.45) is 0 Å². The van der Waals surface area contributed by atoms with Crippen molar-refractivity contribution in [3.63, 3.8) is 0 Å². The summed E-state index contributed by atoms with van der Waals surface area (Å²) >= 11 is 10.8. The zero-order valence-corrected chi connectivity index (χ0v) is 19.7. The number of benzene rings is 3. The van der Waals surface area contributed by atoms with Crippen molar-refractivity contribution in [3.05, 3.63) is 60.9 Å². The second-order valence-corrected chi connectivity index (χ2v) is 8.39. The van der Waals surface area contributed by atoms with Gasteiger partial charge < -0.3 is 14.2 Å². The standard InChI is InChI=1S/C21H17Br3O3/c1-25-15-9-20(26-2)16(21(10-15)27-3)5-4-12-6-14(22)7-13-8-18(23)19(24)11-17(12)13/h4-11H,1-3H3. The van der Waals surface area contributed by atoms with Crippen LogP contribution >= 0.6 is 47.8 Å². The predicted octanol–water partition coefficient (Wildman–Crippen LogP) is 7.32. The van der Waals surface area contributed by atoms with Gasteiger partial charge >= 0.3 is 0 Å². The van der Waals surface area contributed by atoms with Gasteiger partial charge in [-0.15, -0.1) is 0 Å². The van der Waals surface area contributed by atoms with Gasteiger partial charge in [-0.25, -0.2) is 0 Å². The molecule has 0 bridgehead atoms. The number of halogens is 3. The van der Waals surface area contributed by atoms with Crippen molar-refractivity contribution in [1.29, 1.82) is 0 Å². The number of rotatable bonds is 5. The van der Waals surface area contributed by atoms with Crippen LogP contribution in [0.4, 0.5) is 0 Å². The van der Waals surface area contributed by atoms with E-state index in [2.05, 4.69) is 78.1 Å². The van der Waals surface area contributed by atoms with E-state index in [1.807, 2.05) is 18.2 Å². The Kier molecular flexibility index (Phi) is 6.50. The summed E-state index contributed by atoms with van der Waals surface area (Å²) in [6.45, 7) is 0. The molecule has 3 aromatic carbocycles. The molecule has 0 saturated carbocycles. The molecule has 3 rings (SSSR count). The van der Waals surface area contributed by atoms with Gasteiger partial charge in [0.25, 0.3) is 0 Å². The SMILES string of the molecule is COc1cc(OC)c(C=Cc2cc(Br)cc3cc(Br)c(Br)cc23)c(OC)c1. The first-order valence-electron chi connectivity index (χ1n) is 8.03. The van der Waals surface area contributed by atoms with E-state index in [0.29, 0.717) is 17.2 Å². The first kappa shape index (κ1) is 20.2. The summed E-state index contributed by atoms with van der Waals surface area (Å²) < 4.78 is 19.4. The Morgan fingerprint density at radius 1 is 0.704 bits per heavy atom. The highest BCUT2D eigenvalue weighted by atomic mass is 79.9. The van der Waals surface area contributed by atoms with Crippen molar-refractivity contribution in [2.45, 2.75) is 0 Å². The minimum Gasteiger partial charge on any atom is -0.496 e. The van der Waals surface area contributed by atoms with Gasteiger partial charge in [-0.2, -0.15) is 0 Å². The molecular weight excluding hydrogens is 540 g/mol. The zero-order chi connectivity index (χ0) is 19.6. The minimum atomic E-state index is 0.683. The van der Waals surface area contributed by atoms with Gasteiger partial charge in [0.05, 0.1) is 26.9 Å². The molecule has 0 aliphatic rings. The van der Waals surface area contributed by atoms with Gasteiger partial charge in [-0.3, -0.25) is 0 Å². The molecule has 0 spiro atoms. The summed E-state index contributed by atoms with van der Waals surface area (Å²) in [6.07, 6.45) is 4.05. The molecule has 6 heteroatoms. The Morgan fingerprint density at radius 2 is 1.33 bits per heavy atom. The zero-order valence-electron chi connectivity index (χ0n) is 15.0. The second kappa shape index (κ2) is 8.67. The van der Waals surface area contributed by atoms with Crippen LogP contribution < -0.4 is 14.2 Å². The predicted molar refractivity (Wildman–Crippen MR) is 122 cm³/mol. The molecule has 0 radical (unpaired) electrons. The molecular formula is C21H17Br3O3. The van der Waals surface area contributed by atoms with Crippen LogP contribution in [0.25, 0.3) is 22.9 Å². The molecule has 3 aromatic rings. The Bertz CT molecular complexity index is 1000. The Morgan fingerprint density at radius 3 is 1.93 bits per heavy atom. The van der Waals surface area contributed by atoms with Crippen molar-refractivity contribution in [3.8, 4) is 17.2 Å². The Balaban J connectivity index is 2.15. The average Bonchev–Trinajstić information content (AvgIpc) is 2.66. The first-order chi connectivity index (χ1) is 13.0. The van der Waals surface area contributed by atoms with Gasteiger partial charge in [0.15, 0.2) is 0 Å². The maximum Gasteiger partial charge on any atom is 0.133 e. The first-order valence-corrected chi connectivity index (χ1v) is 10.4. The lowest BCUT2D eigenvalue weighted by molar-refractivity contribution is 0.374. The molecule has 0 fully saturated rings. The number of fused-ring (bicyclic) bond motifs is 1. The highest BCUT2D eigenvalue weighted by molar-refractivity contribution is 9.13. The van der Waals surface area contributed by atoms with Crippen molar-refractivity contribution < 1.29 is 14.2 Å². The van der Waals surface area contributed by atoms with Crippen LogP contribution in [0.3, 0.4) is 0 Å². The Hall–Kier alpha value is -1.50. The van der Waals surface area contributed by atoms with Gasteiger partial charge in [-0.1, -0.05) is 22.0 Å². The molecule has 0 aliphatic heterocycles. The summed E-state index contributed by atoms with van der Waals surface area (Å²) in [7, 11) is 4.89. The van der Waals surface area contributed by atoms with Crippen molar-refractivity contribution in [2.75, 3.05) is 21.3 Å². The summed E-state index contributed by atoms with van der Waals surface area (Å²) in [5, 5.41) is 2.27. The largest absolute Gasteiger partial charge is 0.496 e. The van der Waals surface area contributed by atoms with E-state index in [9.17, 15) is 0 Å². The topological polar surface area (TPSA) is 27.7 Å². The summed E-state index contributed by atoms with van der Waals surface area (Å²) in [6, 6.07) is 12.1. The molecule has 0 aliphatic carbocycles. The monoisotopic (exact) mass is 554 g/mol.